The number of nitrogens with two attached hydrogens (primary N) is 1. The second-order valence-electron chi connectivity index (χ2n) is 12.3. The van der Waals surface area contributed by atoms with Crippen LogP contribution in [0.2, 0.25) is 0 Å². The van der Waals surface area contributed by atoms with Crippen molar-refractivity contribution in [1.29, 1.82) is 0 Å². The van der Waals surface area contributed by atoms with Gasteiger partial charge in [0.1, 0.15) is 12.1 Å². The van der Waals surface area contributed by atoms with Gasteiger partial charge in [-0.2, -0.15) is 0 Å². The fourth-order valence-corrected chi connectivity index (χ4v) is 5.18. The Hall–Kier alpha value is -2.15. The number of carboxylic acids is 1. The number of amides is 1. The van der Waals surface area contributed by atoms with Crippen LogP contribution in [0.4, 0.5) is 0 Å². The average Bonchev–Trinajstić information content (AvgIpc) is 3.00. The predicted molar refractivity (Wildman–Crippen MR) is 184 cm³/mol. The molecule has 4 N–H and O–H groups in total. The highest BCUT2D eigenvalue weighted by atomic mass is 16.5. The van der Waals surface area contributed by atoms with E-state index in [0.29, 0.717) is 38.6 Å². The molecule has 0 aliphatic heterocycles. The molecule has 0 aliphatic carbocycles. The molecular weight excluding hydrogens is 552 g/mol. The van der Waals surface area contributed by atoms with Gasteiger partial charge in [0.2, 0.25) is 5.91 Å². The summed E-state index contributed by atoms with van der Waals surface area (Å²) in [5, 5.41) is 11.9. The number of unbranched alkanes of at least 4 members (excludes halogenated alkanes) is 16. The highest BCUT2D eigenvalue weighted by Gasteiger charge is 2.19. The Labute approximate surface area is 270 Å². The van der Waals surface area contributed by atoms with Crippen LogP contribution in [0.3, 0.4) is 0 Å². The quantitative estimate of drug-likeness (QED) is 0.0392. The lowest BCUT2D eigenvalue weighted by atomic mass is 10.1. The van der Waals surface area contributed by atoms with Gasteiger partial charge in [-0.15, -0.1) is 0 Å². The van der Waals surface area contributed by atoms with E-state index in [9.17, 15) is 19.5 Å². The summed E-state index contributed by atoms with van der Waals surface area (Å²) < 4.78 is 5.85. The number of carbonyl (C=O) groups is 3. The molecule has 0 aromatic rings. The summed E-state index contributed by atoms with van der Waals surface area (Å²) in [6, 6.07) is -0.868. The molecular formula is C37H68N2O5. The lowest BCUT2D eigenvalue weighted by Gasteiger charge is -2.15. The molecule has 1 amide bonds. The van der Waals surface area contributed by atoms with Gasteiger partial charge in [-0.05, 0) is 89.7 Å². The lowest BCUT2D eigenvalue weighted by Crippen LogP contribution is -2.40. The van der Waals surface area contributed by atoms with Gasteiger partial charge < -0.3 is 20.9 Å². The molecule has 2 atom stereocenters. The van der Waals surface area contributed by atoms with Crippen LogP contribution in [0.1, 0.15) is 174 Å². The molecule has 0 saturated carbocycles. The maximum Gasteiger partial charge on any atom is 0.326 e. The minimum atomic E-state index is -1.02. The number of allylic oxidation sites excluding steroid dienone is 3. The van der Waals surface area contributed by atoms with Gasteiger partial charge in [-0.25, -0.2) is 4.79 Å². The predicted octanol–water partition coefficient (Wildman–Crippen LogP) is 9.33. The van der Waals surface area contributed by atoms with Crippen molar-refractivity contribution >= 4 is 17.8 Å². The van der Waals surface area contributed by atoms with Gasteiger partial charge in [0, 0.05) is 12.8 Å². The Kier molecular flexibility index (Phi) is 30.7. The number of carboxylic acid groups (broad SMARTS) is 1. The molecule has 0 spiro atoms. The van der Waals surface area contributed by atoms with Crippen molar-refractivity contribution in [3.63, 3.8) is 0 Å². The summed E-state index contributed by atoms with van der Waals surface area (Å²) in [4.78, 5) is 36.0. The van der Waals surface area contributed by atoms with Gasteiger partial charge >= 0.3 is 11.9 Å². The van der Waals surface area contributed by atoms with Crippen molar-refractivity contribution in [3.05, 3.63) is 24.3 Å². The SMILES string of the molecule is CCCCC/C=C\C(CCCCCCC(=O)NC(CCCN)C(=O)O)OC(=O)CCCCCCC/C=C\CCCCCCC. The summed E-state index contributed by atoms with van der Waals surface area (Å²) in [5.41, 5.74) is 5.46. The summed E-state index contributed by atoms with van der Waals surface area (Å²) in [6.45, 7) is 4.85. The molecule has 7 heteroatoms. The molecule has 0 radical (unpaired) electrons. The van der Waals surface area contributed by atoms with Crippen LogP contribution in [0.25, 0.3) is 0 Å². The van der Waals surface area contributed by atoms with E-state index in [0.717, 1.165) is 57.8 Å². The van der Waals surface area contributed by atoms with E-state index in [4.69, 9.17) is 10.5 Å². The second-order valence-corrected chi connectivity index (χ2v) is 12.3. The molecule has 0 aromatic heterocycles. The summed E-state index contributed by atoms with van der Waals surface area (Å²) >= 11 is 0. The fourth-order valence-electron chi connectivity index (χ4n) is 5.18. The molecule has 44 heavy (non-hydrogen) atoms. The number of hydrogen-bond donors (Lipinski definition) is 3. The van der Waals surface area contributed by atoms with Gasteiger partial charge in [0.15, 0.2) is 0 Å². The highest BCUT2D eigenvalue weighted by molar-refractivity contribution is 5.83. The number of ether oxygens (including phenoxy) is 1. The minimum Gasteiger partial charge on any atom is -0.480 e. The van der Waals surface area contributed by atoms with Crippen molar-refractivity contribution in [3.8, 4) is 0 Å². The zero-order valence-corrected chi connectivity index (χ0v) is 28.5. The lowest BCUT2D eigenvalue weighted by molar-refractivity contribution is -0.147. The Morgan fingerprint density at radius 1 is 0.659 bits per heavy atom. The molecule has 0 heterocycles. The number of nitrogens with one attached hydrogen (secondary N) is 1. The topological polar surface area (TPSA) is 119 Å². The molecule has 256 valence electrons. The van der Waals surface area contributed by atoms with Crippen LogP contribution >= 0.6 is 0 Å². The van der Waals surface area contributed by atoms with Gasteiger partial charge in [0.05, 0.1) is 0 Å². The van der Waals surface area contributed by atoms with E-state index in [1.165, 1.54) is 70.6 Å². The molecule has 7 nitrogen and oxygen atoms in total. The van der Waals surface area contributed by atoms with Gasteiger partial charge in [0.25, 0.3) is 0 Å². The number of aliphatic carboxylic acids is 1. The monoisotopic (exact) mass is 621 g/mol. The van der Waals surface area contributed by atoms with E-state index < -0.39 is 12.0 Å². The largest absolute Gasteiger partial charge is 0.480 e. The Morgan fingerprint density at radius 2 is 1.18 bits per heavy atom. The van der Waals surface area contributed by atoms with Crippen molar-refractivity contribution < 1.29 is 24.2 Å². The maximum absolute atomic E-state index is 12.6. The zero-order chi connectivity index (χ0) is 32.5. The molecule has 0 bridgehead atoms. The Bertz CT molecular complexity index is 752. The molecule has 0 rings (SSSR count). The molecule has 0 aromatic carbocycles. The third kappa shape index (κ3) is 28.6. The summed E-state index contributed by atoms with van der Waals surface area (Å²) in [7, 11) is 0. The third-order valence-electron chi connectivity index (χ3n) is 7.97. The van der Waals surface area contributed by atoms with E-state index in [2.05, 4.69) is 43.5 Å². The molecule has 0 fully saturated rings. The smallest absolute Gasteiger partial charge is 0.326 e. The van der Waals surface area contributed by atoms with Gasteiger partial charge in [-0.3, -0.25) is 9.59 Å². The molecule has 0 aliphatic rings. The van der Waals surface area contributed by atoms with E-state index >= 15 is 0 Å². The van der Waals surface area contributed by atoms with E-state index in [-0.39, 0.29) is 18.0 Å². The number of esters is 1. The zero-order valence-electron chi connectivity index (χ0n) is 28.5. The van der Waals surface area contributed by atoms with Crippen LogP contribution in [-0.4, -0.2) is 41.6 Å². The third-order valence-corrected chi connectivity index (χ3v) is 7.97. The minimum absolute atomic E-state index is 0.102. The Balaban J connectivity index is 4.18. The standard InChI is InChI=1S/C37H68N2O5/c1-3-5-7-9-10-11-12-13-14-15-16-17-19-25-31-36(41)44-33(27-22-18-8-6-4-2)28-23-20-21-24-30-35(40)39-34(37(42)43)29-26-32-38/h12-13,22,27,33-34H,3-11,14-21,23-26,28-32,38H2,1-2H3,(H,39,40)(H,42,43)/b13-12-,27-22-. The van der Waals surface area contributed by atoms with Crippen molar-refractivity contribution in [2.45, 2.75) is 187 Å². The average molecular weight is 621 g/mol. The normalized spacial score (nSPS) is 13.0. The second kappa shape index (κ2) is 32.2. The summed E-state index contributed by atoms with van der Waals surface area (Å²) in [5.74, 6) is -1.34. The van der Waals surface area contributed by atoms with Crippen LogP contribution in [-0.2, 0) is 19.1 Å². The van der Waals surface area contributed by atoms with Crippen LogP contribution < -0.4 is 11.1 Å². The van der Waals surface area contributed by atoms with E-state index in [1.807, 2.05) is 0 Å². The highest BCUT2D eigenvalue weighted by Crippen LogP contribution is 2.15. The van der Waals surface area contributed by atoms with E-state index in [1.54, 1.807) is 0 Å². The first kappa shape index (κ1) is 41.9. The maximum atomic E-state index is 12.6. The van der Waals surface area contributed by atoms with Gasteiger partial charge in [-0.1, -0.05) is 103 Å². The molecule has 0 saturated heterocycles. The van der Waals surface area contributed by atoms with Crippen LogP contribution in [0, 0.1) is 0 Å². The van der Waals surface area contributed by atoms with Crippen molar-refractivity contribution in [2.75, 3.05) is 6.54 Å². The Morgan fingerprint density at radius 3 is 1.82 bits per heavy atom. The first-order valence-corrected chi connectivity index (χ1v) is 18.2. The van der Waals surface area contributed by atoms with Crippen molar-refractivity contribution in [2.24, 2.45) is 5.73 Å². The molecule has 2 unspecified atom stereocenters. The first-order chi connectivity index (χ1) is 21.4. The summed E-state index contributed by atoms with van der Waals surface area (Å²) in [6.07, 6.45) is 33.9. The van der Waals surface area contributed by atoms with Crippen LogP contribution in [0.5, 0.6) is 0 Å². The first-order valence-electron chi connectivity index (χ1n) is 18.2. The number of rotatable bonds is 32. The fraction of sp³-hybridized carbons (Fsp3) is 0.811. The van der Waals surface area contributed by atoms with Crippen molar-refractivity contribution in [1.82, 2.24) is 5.32 Å². The number of carbonyl (C=O) groups excluding carboxylic acids is 2. The van der Waals surface area contributed by atoms with Crippen LogP contribution in [0.15, 0.2) is 24.3 Å². The number of hydrogen-bond acceptors (Lipinski definition) is 5.